The monoisotopic (exact) mass is 400 g/mol. The molecule has 3 heterocycles. The van der Waals surface area contributed by atoms with Crippen molar-refractivity contribution < 1.29 is 4.79 Å². The Hall–Kier alpha value is -2.64. The molecule has 2 aromatic heterocycles. The topological polar surface area (TPSA) is 95.9 Å². The molecule has 1 atom stereocenters. The van der Waals surface area contributed by atoms with E-state index in [4.69, 9.17) is 0 Å². The Morgan fingerprint density at radius 1 is 1.31 bits per heavy atom. The van der Waals surface area contributed by atoms with Gasteiger partial charge in [0.2, 0.25) is 0 Å². The minimum Gasteiger partial charge on any atom is -0.350 e. The van der Waals surface area contributed by atoms with Crippen LogP contribution in [-0.2, 0) is 5.41 Å². The maximum Gasteiger partial charge on any atom is 0.271 e. The van der Waals surface area contributed by atoms with Gasteiger partial charge in [0.1, 0.15) is 11.5 Å². The highest BCUT2D eigenvalue weighted by atomic mass is 16.2. The number of amides is 1. The van der Waals surface area contributed by atoms with Gasteiger partial charge in [0, 0.05) is 36.3 Å². The highest BCUT2D eigenvalue weighted by molar-refractivity contribution is 5.92. The Kier molecular flexibility index (Phi) is 6.10. The van der Waals surface area contributed by atoms with Gasteiger partial charge in [-0.2, -0.15) is 10.2 Å². The lowest BCUT2D eigenvalue weighted by Gasteiger charge is -2.36. The molecular formula is C21H32N6O2. The first-order chi connectivity index (χ1) is 13.7. The number of hydrogen-bond acceptors (Lipinski definition) is 5. The lowest BCUT2D eigenvalue weighted by molar-refractivity contribution is 0.0944. The van der Waals surface area contributed by atoms with Crippen molar-refractivity contribution in [1.29, 1.82) is 0 Å². The second kappa shape index (κ2) is 8.39. The molecule has 8 nitrogen and oxygen atoms in total. The van der Waals surface area contributed by atoms with Crippen LogP contribution in [0.25, 0.3) is 0 Å². The van der Waals surface area contributed by atoms with Crippen LogP contribution in [0, 0.1) is 0 Å². The van der Waals surface area contributed by atoms with Crippen LogP contribution in [-0.4, -0.2) is 45.0 Å². The van der Waals surface area contributed by atoms with Crippen molar-refractivity contribution in [3.05, 3.63) is 39.9 Å². The summed E-state index contributed by atoms with van der Waals surface area (Å²) in [5.74, 6) is 0.606. The smallest absolute Gasteiger partial charge is 0.271 e. The predicted octanol–water partition coefficient (Wildman–Crippen LogP) is 2.63. The second-order valence-corrected chi connectivity index (χ2v) is 9.04. The highest BCUT2D eigenvalue weighted by Crippen LogP contribution is 2.23. The van der Waals surface area contributed by atoms with E-state index in [2.05, 4.69) is 46.3 Å². The quantitative estimate of drug-likeness (QED) is 0.804. The number of aromatic amines is 1. The first kappa shape index (κ1) is 21.1. The molecule has 0 bridgehead atoms. The molecule has 1 aliphatic rings. The van der Waals surface area contributed by atoms with Gasteiger partial charge >= 0.3 is 0 Å². The summed E-state index contributed by atoms with van der Waals surface area (Å²) >= 11 is 0. The van der Waals surface area contributed by atoms with Crippen LogP contribution in [0.15, 0.2) is 23.0 Å². The molecule has 2 aromatic rings. The number of nitrogens with zero attached hydrogens (tertiary/aromatic N) is 4. The fraction of sp³-hybridized carbons (Fsp3) is 0.619. The predicted molar refractivity (Wildman–Crippen MR) is 113 cm³/mol. The van der Waals surface area contributed by atoms with E-state index >= 15 is 0 Å². The molecule has 158 valence electrons. The van der Waals surface area contributed by atoms with E-state index in [1.54, 1.807) is 12.1 Å². The summed E-state index contributed by atoms with van der Waals surface area (Å²) in [6.45, 7) is 11.5. The number of aromatic nitrogens is 4. The molecule has 29 heavy (non-hydrogen) atoms. The number of carbonyl (C=O) groups excluding carboxylic acids is 1. The molecule has 0 radical (unpaired) electrons. The van der Waals surface area contributed by atoms with Gasteiger partial charge < -0.3 is 10.2 Å². The highest BCUT2D eigenvalue weighted by Gasteiger charge is 2.26. The van der Waals surface area contributed by atoms with Crippen molar-refractivity contribution in [2.24, 2.45) is 0 Å². The summed E-state index contributed by atoms with van der Waals surface area (Å²) in [7, 11) is 0. The van der Waals surface area contributed by atoms with Gasteiger partial charge in [-0.15, -0.1) is 0 Å². The van der Waals surface area contributed by atoms with E-state index in [-0.39, 0.29) is 29.0 Å². The summed E-state index contributed by atoms with van der Waals surface area (Å²) in [5, 5.41) is 14.7. The van der Waals surface area contributed by atoms with E-state index in [1.807, 2.05) is 19.9 Å². The molecule has 1 amide bonds. The summed E-state index contributed by atoms with van der Waals surface area (Å²) in [6.07, 6.45) is 3.15. The van der Waals surface area contributed by atoms with Crippen LogP contribution in [0.2, 0.25) is 0 Å². The zero-order chi connectivity index (χ0) is 21.2. The Morgan fingerprint density at radius 2 is 2.07 bits per heavy atom. The van der Waals surface area contributed by atoms with Gasteiger partial charge in [-0.25, -0.2) is 4.68 Å². The number of rotatable bonds is 5. The van der Waals surface area contributed by atoms with E-state index in [0.717, 1.165) is 37.3 Å². The standard InChI is InChI=1S/C21H32N6O2/c1-14(2)27-19(28)10-9-18(25-27)26-11-7-6-8-15(26)13-22-20(29)16-12-17(24-23-16)21(3,4)5/h9-10,12,14-15H,6-8,11,13H2,1-5H3,(H,22,29)(H,23,24). The average molecular weight is 401 g/mol. The van der Waals surface area contributed by atoms with Crippen molar-refractivity contribution in [3.63, 3.8) is 0 Å². The van der Waals surface area contributed by atoms with E-state index in [0.29, 0.717) is 12.2 Å². The lowest BCUT2D eigenvalue weighted by Crippen LogP contribution is -2.47. The number of carbonyl (C=O) groups is 1. The molecule has 1 saturated heterocycles. The fourth-order valence-electron chi connectivity index (χ4n) is 3.58. The number of hydrogen-bond donors (Lipinski definition) is 2. The Balaban J connectivity index is 1.71. The maximum absolute atomic E-state index is 12.6. The molecule has 0 aromatic carbocycles. The molecule has 1 fully saturated rings. The van der Waals surface area contributed by atoms with E-state index < -0.39 is 0 Å². The zero-order valence-electron chi connectivity index (χ0n) is 18.0. The van der Waals surface area contributed by atoms with Crippen LogP contribution in [0.5, 0.6) is 0 Å². The van der Waals surface area contributed by atoms with Crippen molar-refractivity contribution in [2.75, 3.05) is 18.0 Å². The fourth-order valence-corrected chi connectivity index (χ4v) is 3.58. The number of nitrogens with one attached hydrogen (secondary N) is 2. The Morgan fingerprint density at radius 3 is 2.72 bits per heavy atom. The van der Waals surface area contributed by atoms with E-state index in [9.17, 15) is 9.59 Å². The maximum atomic E-state index is 12.6. The van der Waals surface area contributed by atoms with Gasteiger partial charge in [0.05, 0.1) is 6.04 Å². The van der Waals surface area contributed by atoms with Crippen LogP contribution >= 0.6 is 0 Å². The van der Waals surface area contributed by atoms with Gasteiger partial charge in [-0.1, -0.05) is 20.8 Å². The average Bonchev–Trinajstić information content (AvgIpc) is 3.17. The van der Waals surface area contributed by atoms with Crippen molar-refractivity contribution in [3.8, 4) is 0 Å². The first-order valence-electron chi connectivity index (χ1n) is 10.4. The van der Waals surface area contributed by atoms with Crippen LogP contribution in [0.1, 0.15) is 76.1 Å². The zero-order valence-corrected chi connectivity index (χ0v) is 18.0. The lowest BCUT2D eigenvalue weighted by atomic mass is 9.92. The summed E-state index contributed by atoms with van der Waals surface area (Å²) in [4.78, 5) is 26.8. The number of H-pyrrole nitrogens is 1. The normalized spacial score (nSPS) is 17.6. The summed E-state index contributed by atoms with van der Waals surface area (Å²) < 4.78 is 1.51. The molecule has 1 aliphatic heterocycles. The molecule has 0 saturated carbocycles. The molecule has 0 spiro atoms. The Bertz CT molecular complexity index is 908. The van der Waals surface area contributed by atoms with Gasteiger partial charge in [-0.3, -0.25) is 14.7 Å². The molecular weight excluding hydrogens is 368 g/mol. The second-order valence-electron chi connectivity index (χ2n) is 9.04. The largest absolute Gasteiger partial charge is 0.350 e. The van der Waals surface area contributed by atoms with Gasteiger partial charge in [0.25, 0.3) is 11.5 Å². The van der Waals surface area contributed by atoms with Gasteiger partial charge in [-0.05, 0) is 45.2 Å². The minimum atomic E-state index is -0.178. The summed E-state index contributed by atoms with van der Waals surface area (Å²) in [6, 6.07) is 5.31. The summed E-state index contributed by atoms with van der Waals surface area (Å²) in [5.41, 5.74) is 1.15. The Labute approximate surface area is 171 Å². The molecule has 0 aliphatic carbocycles. The van der Waals surface area contributed by atoms with Crippen molar-refractivity contribution in [2.45, 2.75) is 71.4 Å². The van der Waals surface area contributed by atoms with Crippen LogP contribution < -0.4 is 15.8 Å². The van der Waals surface area contributed by atoms with Gasteiger partial charge in [0.15, 0.2) is 0 Å². The van der Waals surface area contributed by atoms with Crippen LogP contribution in [0.4, 0.5) is 5.82 Å². The first-order valence-corrected chi connectivity index (χ1v) is 10.4. The minimum absolute atomic E-state index is 0.00192. The molecule has 3 rings (SSSR count). The third-order valence-corrected chi connectivity index (χ3v) is 5.34. The number of anilines is 1. The SMILES string of the molecule is CC(C)n1nc(N2CCCCC2CNC(=O)c2cc(C(C)(C)C)[nH]n2)ccc1=O. The third-order valence-electron chi connectivity index (χ3n) is 5.34. The third kappa shape index (κ3) is 4.86. The molecule has 2 N–H and O–H groups in total. The van der Waals surface area contributed by atoms with Crippen molar-refractivity contribution >= 4 is 11.7 Å². The molecule has 8 heteroatoms. The van der Waals surface area contributed by atoms with E-state index in [1.165, 1.54) is 4.68 Å². The van der Waals surface area contributed by atoms with Crippen molar-refractivity contribution in [1.82, 2.24) is 25.3 Å². The van der Waals surface area contributed by atoms with Crippen LogP contribution in [0.3, 0.4) is 0 Å². The molecule has 1 unspecified atom stereocenters. The number of piperidine rings is 1.